The Hall–Kier alpha value is -0.500. The first-order valence-corrected chi connectivity index (χ1v) is 8.38. The maximum atomic E-state index is 12.9. The van der Waals surface area contributed by atoms with Gasteiger partial charge in [-0.1, -0.05) is 6.92 Å². The highest BCUT2D eigenvalue weighted by molar-refractivity contribution is 5.03. The van der Waals surface area contributed by atoms with E-state index in [-0.39, 0.29) is 23.9 Å². The van der Waals surface area contributed by atoms with E-state index in [0.29, 0.717) is 19.4 Å². The van der Waals surface area contributed by atoms with Gasteiger partial charge in [0.2, 0.25) is 0 Å². The number of halogens is 6. The first-order chi connectivity index (χ1) is 10.9. The summed E-state index contributed by atoms with van der Waals surface area (Å²) in [4.78, 5) is 0. The zero-order valence-corrected chi connectivity index (χ0v) is 13.8. The minimum absolute atomic E-state index is 0.00489. The summed E-state index contributed by atoms with van der Waals surface area (Å²) in [5.41, 5.74) is -4.63. The number of alkyl halides is 6. The number of aliphatic hydroxyl groups is 1. The molecule has 2 fully saturated rings. The fraction of sp³-hybridized carbons (Fsp3) is 1.00. The van der Waals surface area contributed by atoms with Crippen molar-refractivity contribution < 1.29 is 36.2 Å². The second-order valence-electron chi connectivity index (χ2n) is 7.27. The zero-order valence-electron chi connectivity index (χ0n) is 13.8. The highest BCUT2D eigenvalue weighted by atomic mass is 19.4. The Labute approximate surface area is 137 Å². The lowest BCUT2D eigenvalue weighted by Gasteiger charge is -2.36. The molecule has 0 radical (unpaired) electrons. The van der Waals surface area contributed by atoms with Gasteiger partial charge in [0, 0.05) is 0 Å². The molecular formula is C16H24F6O2. The van der Waals surface area contributed by atoms with Crippen LogP contribution in [0.15, 0.2) is 0 Å². The molecule has 2 rings (SSSR count). The summed E-state index contributed by atoms with van der Waals surface area (Å²) in [6.07, 6.45) is -10.2. The highest BCUT2D eigenvalue weighted by Gasteiger charge is 2.71. The van der Waals surface area contributed by atoms with Crippen molar-refractivity contribution in [1.29, 1.82) is 0 Å². The lowest BCUT2D eigenvalue weighted by atomic mass is 9.79. The number of hydrogen-bond acceptors (Lipinski definition) is 2. The Bertz CT molecular complexity index is 419. The standard InChI is InChI=1S/C16H24F6O2/c1-3-9(2)24-8-13-10-4-5-12(13)11(6-10)7-14(23,15(17,18)19)16(20,21)22/h9-13,23H,3-8H2,1-2H3. The van der Waals surface area contributed by atoms with Crippen molar-refractivity contribution in [1.82, 2.24) is 0 Å². The molecule has 0 aliphatic heterocycles. The van der Waals surface area contributed by atoms with Crippen LogP contribution in [-0.2, 0) is 4.74 Å². The minimum Gasteiger partial charge on any atom is -0.378 e. The summed E-state index contributed by atoms with van der Waals surface area (Å²) in [6, 6.07) is 0. The van der Waals surface area contributed by atoms with Crippen LogP contribution in [0.4, 0.5) is 26.3 Å². The molecule has 5 atom stereocenters. The number of hydrogen-bond donors (Lipinski definition) is 1. The van der Waals surface area contributed by atoms with Gasteiger partial charge in [0.25, 0.3) is 5.60 Å². The summed E-state index contributed by atoms with van der Waals surface area (Å²) in [7, 11) is 0. The average molecular weight is 362 g/mol. The molecule has 0 aromatic rings. The molecule has 5 unspecified atom stereocenters. The van der Waals surface area contributed by atoms with Crippen LogP contribution in [0.1, 0.15) is 46.0 Å². The molecule has 2 bridgehead atoms. The summed E-state index contributed by atoms with van der Waals surface area (Å²) in [6.45, 7) is 4.21. The smallest absolute Gasteiger partial charge is 0.378 e. The normalized spacial score (nSPS) is 32.4. The van der Waals surface area contributed by atoms with E-state index in [1.54, 1.807) is 0 Å². The molecule has 0 aromatic carbocycles. The monoisotopic (exact) mass is 362 g/mol. The Morgan fingerprint density at radius 1 is 1.08 bits per heavy atom. The predicted octanol–water partition coefficient (Wildman–Crippen LogP) is 4.71. The fourth-order valence-electron chi connectivity index (χ4n) is 4.29. The van der Waals surface area contributed by atoms with E-state index in [9.17, 15) is 31.4 Å². The topological polar surface area (TPSA) is 29.5 Å². The maximum absolute atomic E-state index is 12.9. The van der Waals surface area contributed by atoms with E-state index in [4.69, 9.17) is 4.74 Å². The number of rotatable bonds is 6. The Balaban J connectivity index is 2.08. The third kappa shape index (κ3) is 3.54. The summed E-state index contributed by atoms with van der Waals surface area (Å²) in [5, 5.41) is 9.43. The summed E-state index contributed by atoms with van der Waals surface area (Å²) >= 11 is 0. The Morgan fingerprint density at radius 2 is 1.67 bits per heavy atom. The van der Waals surface area contributed by atoms with Gasteiger partial charge in [0.1, 0.15) is 0 Å². The lowest BCUT2D eigenvalue weighted by molar-refractivity contribution is -0.373. The Kier molecular flexibility index (Phi) is 5.50. The molecule has 0 amide bonds. The molecule has 142 valence electrons. The van der Waals surface area contributed by atoms with Gasteiger partial charge < -0.3 is 9.84 Å². The SMILES string of the molecule is CCC(C)OCC1C2CCC1C(CC(O)(C(F)(F)F)C(F)(F)F)C2. The van der Waals surface area contributed by atoms with Crippen molar-refractivity contribution in [2.24, 2.45) is 23.7 Å². The lowest BCUT2D eigenvalue weighted by Crippen LogP contribution is -2.58. The van der Waals surface area contributed by atoms with Crippen molar-refractivity contribution in [3.8, 4) is 0 Å². The van der Waals surface area contributed by atoms with Gasteiger partial charge in [-0.05, 0) is 62.7 Å². The Morgan fingerprint density at radius 3 is 2.17 bits per heavy atom. The molecule has 2 aliphatic carbocycles. The van der Waals surface area contributed by atoms with Crippen molar-refractivity contribution in [3.63, 3.8) is 0 Å². The number of fused-ring (bicyclic) bond motifs is 2. The van der Waals surface area contributed by atoms with E-state index < -0.39 is 30.3 Å². The predicted molar refractivity (Wildman–Crippen MR) is 75.2 cm³/mol. The quantitative estimate of drug-likeness (QED) is 0.694. The van der Waals surface area contributed by atoms with Gasteiger partial charge in [-0.15, -0.1) is 0 Å². The van der Waals surface area contributed by atoms with Gasteiger partial charge in [-0.25, -0.2) is 0 Å². The van der Waals surface area contributed by atoms with E-state index in [2.05, 4.69) is 0 Å². The van der Waals surface area contributed by atoms with Crippen LogP contribution in [0.5, 0.6) is 0 Å². The van der Waals surface area contributed by atoms with E-state index in [1.807, 2.05) is 13.8 Å². The van der Waals surface area contributed by atoms with Crippen LogP contribution in [0, 0.1) is 23.7 Å². The van der Waals surface area contributed by atoms with E-state index in [1.165, 1.54) is 0 Å². The molecule has 1 N–H and O–H groups in total. The zero-order chi connectivity index (χ0) is 18.3. The second kappa shape index (κ2) is 6.67. The summed E-state index contributed by atoms with van der Waals surface area (Å²) < 4.78 is 83.1. The first-order valence-electron chi connectivity index (χ1n) is 8.38. The molecule has 0 spiro atoms. The molecule has 0 heterocycles. The van der Waals surface area contributed by atoms with Crippen LogP contribution >= 0.6 is 0 Å². The van der Waals surface area contributed by atoms with Gasteiger partial charge >= 0.3 is 12.4 Å². The minimum atomic E-state index is -5.73. The summed E-state index contributed by atoms with van der Waals surface area (Å²) in [5.74, 6) is -0.928. The number of ether oxygens (including phenoxy) is 1. The van der Waals surface area contributed by atoms with Crippen LogP contribution in [0.2, 0.25) is 0 Å². The van der Waals surface area contributed by atoms with Gasteiger partial charge in [0.15, 0.2) is 0 Å². The molecule has 24 heavy (non-hydrogen) atoms. The van der Waals surface area contributed by atoms with Crippen molar-refractivity contribution in [3.05, 3.63) is 0 Å². The average Bonchev–Trinajstić information content (AvgIpc) is 2.98. The van der Waals surface area contributed by atoms with Crippen LogP contribution in [0.3, 0.4) is 0 Å². The molecule has 2 aliphatic rings. The van der Waals surface area contributed by atoms with Crippen molar-refractivity contribution in [2.45, 2.75) is 70.0 Å². The van der Waals surface area contributed by atoms with Crippen LogP contribution in [0.25, 0.3) is 0 Å². The van der Waals surface area contributed by atoms with Crippen molar-refractivity contribution >= 4 is 0 Å². The van der Waals surface area contributed by atoms with Crippen molar-refractivity contribution in [2.75, 3.05) is 6.61 Å². The fourth-order valence-corrected chi connectivity index (χ4v) is 4.29. The highest BCUT2D eigenvalue weighted by Crippen LogP contribution is 2.58. The molecule has 2 nitrogen and oxygen atoms in total. The van der Waals surface area contributed by atoms with Gasteiger partial charge in [-0.2, -0.15) is 26.3 Å². The molecular weight excluding hydrogens is 338 g/mol. The maximum Gasteiger partial charge on any atom is 0.426 e. The third-order valence-corrected chi connectivity index (χ3v) is 5.88. The first kappa shape index (κ1) is 19.8. The second-order valence-corrected chi connectivity index (χ2v) is 7.27. The van der Waals surface area contributed by atoms with Crippen LogP contribution in [-0.4, -0.2) is 35.8 Å². The largest absolute Gasteiger partial charge is 0.426 e. The molecule has 2 saturated carbocycles. The molecule has 8 heteroatoms. The molecule has 0 saturated heterocycles. The van der Waals surface area contributed by atoms with Gasteiger partial charge in [-0.3, -0.25) is 0 Å². The van der Waals surface area contributed by atoms with Crippen LogP contribution < -0.4 is 0 Å². The van der Waals surface area contributed by atoms with Gasteiger partial charge in [0.05, 0.1) is 12.7 Å². The molecule has 0 aromatic heterocycles. The van der Waals surface area contributed by atoms with E-state index >= 15 is 0 Å². The van der Waals surface area contributed by atoms with E-state index in [0.717, 1.165) is 12.8 Å². The third-order valence-electron chi connectivity index (χ3n) is 5.88.